The van der Waals surface area contributed by atoms with Crippen LogP contribution in [-0.2, 0) is 24.5 Å². The fourth-order valence-corrected chi connectivity index (χ4v) is 6.14. The van der Waals surface area contributed by atoms with Crippen molar-refractivity contribution in [3.05, 3.63) is 48.0 Å². The fraction of sp³-hybridized carbons (Fsp3) is 0.409. The molecule has 0 saturated carbocycles. The molecule has 2 aliphatic rings. The molecule has 2 heterocycles. The average molecular weight is 480 g/mol. The van der Waals surface area contributed by atoms with Crippen LogP contribution in [0, 0.1) is 0 Å². The summed E-state index contributed by atoms with van der Waals surface area (Å²) < 4.78 is 55.8. The van der Waals surface area contributed by atoms with Crippen LogP contribution in [0.15, 0.2) is 57.2 Å². The van der Waals surface area contributed by atoms with Crippen LogP contribution in [0.1, 0.15) is 38.3 Å². The summed E-state index contributed by atoms with van der Waals surface area (Å²) in [7, 11) is -7.43. The second kappa shape index (κ2) is 7.57. The Morgan fingerprint density at radius 3 is 2.16 bits per heavy atom. The third-order valence-electron chi connectivity index (χ3n) is 6.00. The van der Waals surface area contributed by atoms with E-state index in [2.05, 4.69) is 0 Å². The van der Waals surface area contributed by atoms with Gasteiger partial charge in [-0.2, -0.15) is 0 Å². The van der Waals surface area contributed by atoms with Gasteiger partial charge in [0.1, 0.15) is 17.5 Å². The lowest BCUT2D eigenvalue weighted by Gasteiger charge is -2.45. The van der Waals surface area contributed by atoms with Crippen LogP contribution in [-0.4, -0.2) is 57.3 Å². The number of nitrogens with zero attached hydrogens (tertiary/aromatic N) is 1. The molecule has 0 aromatic heterocycles. The molecule has 0 radical (unpaired) electrons. The number of sulfone groups is 2. The molecule has 1 N–H and O–H groups in total. The van der Waals surface area contributed by atoms with Gasteiger partial charge in [-0.1, -0.05) is 0 Å². The van der Waals surface area contributed by atoms with Crippen molar-refractivity contribution in [2.75, 3.05) is 12.8 Å². The van der Waals surface area contributed by atoms with E-state index < -0.39 is 37.4 Å². The fourth-order valence-electron chi connectivity index (χ4n) is 4.22. The molecule has 32 heavy (non-hydrogen) atoms. The van der Waals surface area contributed by atoms with E-state index in [0.29, 0.717) is 30.7 Å². The first-order chi connectivity index (χ1) is 14.8. The number of amides is 1. The van der Waals surface area contributed by atoms with Crippen LogP contribution in [0.5, 0.6) is 5.75 Å². The molecule has 10 heteroatoms. The van der Waals surface area contributed by atoms with Gasteiger partial charge in [0.05, 0.1) is 20.7 Å². The molecule has 2 aromatic carbocycles. The van der Waals surface area contributed by atoms with Gasteiger partial charge < -0.3 is 14.7 Å². The van der Waals surface area contributed by atoms with Crippen LogP contribution in [0.3, 0.4) is 0 Å². The molecule has 8 nitrogen and oxygen atoms in total. The highest BCUT2D eigenvalue weighted by Gasteiger charge is 2.47. The highest BCUT2D eigenvalue weighted by Crippen LogP contribution is 2.45. The normalized spacial score (nSPS) is 23.0. The van der Waals surface area contributed by atoms with Crippen molar-refractivity contribution in [2.45, 2.75) is 59.1 Å². The summed E-state index contributed by atoms with van der Waals surface area (Å²) in [6.07, 6.45) is 1.05. The third kappa shape index (κ3) is 3.80. The Balaban J connectivity index is 1.80. The summed E-state index contributed by atoms with van der Waals surface area (Å²) in [5.41, 5.74) is -0.538. The van der Waals surface area contributed by atoms with Crippen molar-refractivity contribution in [2.24, 2.45) is 0 Å². The molecule has 2 aromatic rings. The molecule has 0 aliphatic carbocycles. The van der Waals surface area contributed by atoms with Gasteiger partial charge in [-0.25, -0.2) is 16.8 Å². The Kier molecular flexibility index (Phi) is 5.38. The standard InChI is InChI=1S/C22H25NO7S2/c1-22(2)21(25)20(23-12-4-5-19(23)24)17-13-16(10-11-18(17)30-22)32(28,29)15-8-6-14(7-9-15)31(3,26)27/h6-11,13,20-21,25H,4-5,12H2,1-3H3. The molecular formula is C22H25NO7S2. The van der Waals surface area contributed by atoms with Crippen molar-refractivity contribution in [3.8, 4) is 5.75 Å². The van der Waals surface area contributed by atoms with Crippen LogP contribution in [0.4, 0.5) is 0 Å². The number of hydrogen-bond donors (Lipinski definition) is 1. The molecule has 0 spiro atoms. The largest absolute Gasteiger partial charge is 0.485 e. The number of ether oxygens (including phenoxy) is 1. The van der Waals surface area contributed by atoms with E-state index in [-0.39, 0.29) is 20.6 Å². The lowest BCUT2D eigenvalue weighted by Crippen LogP contribution is -2.53. The van der Waals surface area contributed by atoms with Gasteiger partial charge >= 0.3 is 0 Å². The van der Waals surface area contributed by atoms with E-state index in [1.165, 1.54) is 42.5 Å². The lowest BCUT2D eigenvalue weighted by atomic mass is 9.85. The summed E-state index contributed by atoms with van der Waals surface area (Å²) >= 11 is 0. The number of benzene rings is 2. The number of carbonyl (C=O) groups is 1. The van der Waals surface area contributed by atoms with Crippen molar-refractivity contribution in [3.63, 3.8) is 0 Å². The Hall–Kier alpha value is -2.43. The summed E-state index contributed by atoms with van der Waals surface area (Å²) in [5, 5.41) is 11.0. The van der Waals surface area contributed by atoms with Gasteiger partial charge in [0.25, 0.3) is 0 Å². The molecule has 2 atom stereocenters. The van der Waals surface area contributed by atoms with Crippen LogP contribution >= 0.6 is 0 Å². The number of rotatable bonds is 4. The Bertz CT molecular complexity index is 1280. The number of fused-ring (bicyclic) bond motifs is 1. The maximum Gasteiger partial charge on any atom is 0.223 e. The van der Waals surface area contributed by atoms with Crippen molar-refractivity contribution >= 4 is 25.6 Å². The molecule has 172 valence electrons. The first kappa shape index (κ1) is 22.8. The molecule has 0 bridgehead atoms. The van der Waals surface area contributed by atoms with Gasteiger partial charge in [0.2, 0.25) is 15.7 Å². The quantitative estimate of drug-likeness (QED) is 0.714. The van der Waals surface area contributed by atoms with Gasteiger partial charge in [-0.05, 0) is 62.7 Å². The number of likely N-dealkylation sites (tertiary alicyclic amines) is 1. The highest BCUT2D eigenvalue weighted by atomic mass is 32.2. The summed E-state index contributed by atoms with van der Waals surface area (Å²) in [5.74, 6) is 0.318. The molecular weight excluding hydrogens is 454 g/mol. The smallest absolute Gasteiger partial charge is 0.223 e. The zero-order chi connectivity index (χ0) is 23.5. The van der Waals surface area contributed by atoms with E-state index in [1.807, 2.05) is 0 Å². The SMILES string of the molecule is CC1(C)Oc2ccc(S(=O)(=O)c3ccc(S(C)(=O)=O)cc3)cc2C(N2CCCC2=O)C1O. The predicted octanol–water partition coefficient (Wildman–Crippen LogP) is 2.12. The second-order valence-electron chi connectivity index (χ2n) is 8.73. The number of hydrogen-bond acceptors (Lipinski definition) is 7. The minimum absolute atomic E-state index is 0.0215. The lowest BCUT2D eigenvalue weighted by molar-refractivity contribution is -0.139. The topological polar surface area (TPSA) is 118 Å². The number of aliphatic hydroxyl groups is 1. The Morgan fingerprint density at radius 1 is 1.00 bits per heavy atom. The second-order valence-corrected chi connectivity index (χ2v) is 12.7. The molecule has 1 saturated heterocycles. The first-order valence-electron chi connectivity index (χ1n) is 10.2. The maximum absolute atomic E-state index is 13.2. The van der Waals surface area contributed by atoms with Gasteiger partial charge in [0.15, 0.2) is 9.84 Å². The van der Waals surface area contributed by atoms with Crippen molar-refractivity contribution in [1.82, 2.24) is 4.90 Å². The van der Waals surface area contributed by atoms with E-state index in [9.17, 15) is 26.7 Å². The minimum Gasteiger partial charge on any atom is -0.485 e. The third-order valence-corrected chi connectivity index (χ3v) is 8.90. The first-order valence-corrected chi connectivity index (χ1v) is 13.6. The summed E-state index contributed by atoms with van der Waals surface area (Å²) in [6.45, 7) is 3.92. The van der Waals surface area contributed by atoms with Gasteiger partial charge in [-0.15, -0.1) is 0 Å². The highest BCUT2D eigenvalue weighted by molar-refractivity contribution is 7.91. The maximum atomic E-state index is 13.2. The molecule has 2 aliphatic heterocycles. The van der Waals surface area contributed by atoms with Crippen LogP contribution < -0.4 is 4.74 Å². The van der Waals surface area contributed by atoms with Crippen molar-refractivity contribution < 1.29 is 31.5 Å². The Labute approximate surface area is 187 Å². The van der Waals surface area contributed by atoms with Crippen molar-refractivity contribution in [1.29, 1.82) is 0 Å². The molecule has 4 rings (SSSR count). The van der Waals surface area contributed by atoms with E-state index in [0.717, 1.165) is 6.26 Å². The van der Waals surface area contributed by atoms with Gasteiger partial charge in [-0.3, -0.25) is 4.79 Å². The molecule has 1 amide bonds. The van der Waals surface area contributed by atoms with Crippen LogP contribution in [0.2, 0.25) is 0 Å². The zero-order valence-electron chi connectivity index (χ0n) is 18.0. The van der Waals surface area contributed by atoms with E-state index in [1.54, 1.807) is 18.7 Å². The number of aliphatic hydroxyl groups excluding tert-OH is 1. The molecule has 2 unspecified atom stereocenters. The van der Waals surface area contributed by atoms with Gasteiger partial charge in [0, 0.05) is 24.8 Å². The van der Waals surface area contributed by atoms with Crippen LogP contribution in [0.25, 0.3) is 0 Å². The zero-order valence-corrected chi connectivity index (χ0v) is 19.6. The Morgan fingerprint density at radius 2 is 1.59 bits per heavy atom. The summed E-state index contributed by atoms with van der Waals surface area (Å²) in [6, 6.07) is 8.66. The number of carbonyl (C=O) groups excluding carboxylic acids is 1. The summed E-state index contributed by atoms with van der Waals surface area (Å²) in [4.78, 5) is 14.0. The minimum atomic E-state index is -3.98. The molecule has 1 fully saturated rings. The average Bonchev–Trinajstić information content (AvgIpc) is 3.13. The van der Waals surface area contributed by atoms with E-state index >= 15 is 0 Å². The monoisotopic (exact) mass is 479 g/mol. The predicted molar refractivity (Wildman–Crippen MR) is 116 cm³/mol. The van der Waals surface area contributed by atoms with E-state index in [4.69, 9.17) is 4.74 Å².